The summed E-state index contributed by atoms with van der Waals surface area (Å²) in [6.07, 6.45) is 0.132. The molecule has 1 fully saturated rings. The summed E-state index contributed by atoms with van der Waals surface area (Å²) < 4.78 is 10.2. The number of likely N-dealkylation sites (tertiary alicyclic amines) is 1. The molecule has 0 spiro atoms. The number of Topliss-reactive ketones (excluding diaryl/α,β-unsaturated/α-hetero) is 1. The van der Waals surface area contributed by atoms with Crippen molar-refractivity contribution in [1.82, 2.24) is 4.90 Å². The van der Waals surface area contributed by atoms with Crippen LogP contribution in [0.4, 0.5) is 4.79 Å². The van der Waals surface area contributed by atoms with Gasteiger partial charge in [0.2, 0.25) is 5.91 Å². The van der Waals surface area contributed by atoms with Crippen LogP contribution in [0.25, 0.3) is 0 Å². The molecule has 0 aliphatic carbocycles. The lowest BCUT2D eigenvalue weighted by Crippen LogP contribution is -2.44. The van der Waals surface area contributed by atoms with Gasteiger partial charge in [-0.05, 0) is 18.8 Å². The van der Waals surface area contributed by atoms with E-state index in [-0.39, 0.29) is 42.6 Å². The minimum absolute atomic E-state index is 0.0108. The van der Waals surface area contributed by atoms with E-state index in [1.807, 2.05) is 13.8 Å². The molecule has 0 radical (unpaired) electrons. The van der Waals surface area contributed by atoms with Gasteiger partial charge in [-0.3, -0.25) is 9.59 Å². The zero-order chi connectivity index (χ0) is 25.3. The van der Waals surface area contributed by atoms with Crippen LogP contribution in [-0.2, 0) is 19.1 Å². The maximum absolute atomic E-state index is 12.7. The molecular formula is C24H32N3O7-. The minimum atomic E-state index is -1.27. The first-order valence-electron chi connectivity index (χ1n) is 11.3. The summed E-state index contributed by atoms with van der Waals surface area (Å²) in [5.41, 5.74) is 6.75. The fourth-order valence-electron chi connectivity index (χ4n) is 3.48. The molecule has 0 saturated carbocycles. The van der Waals surface area contributed by atoms with Gasteiger partial charge in [-0.25, -0.2) is 4.79 Å². The topological polar surface area (TPSA) is 151 Å². The van der Waals surface area contributed by atoms with Gasteiger partial charge in [-0.2, -0.15) is 4.99 Å². The van der Waals surface area contributed by atoms with E-state index in [0.29, 0.717) is 37.1 Å². The number of aliphatic carboxylic acids is 1. The van der Waals surface area contributed by atoms with Gasteiger partial charge in [0.05, 0.1) is 25.3 Å². The number of ketones is 1. The molecule has 186 valence electrons. The molecular weight excluding hydrogens is 442 g/mol. The van der Waals surface area contributed by atoms with Gasteiger partial charge in [0.1, 0.15) is 5.84 Å². The number of nitrogens with two attached hydrogens (primary N) is 1. The Morgan fingerprint density at radius 3 is 2.24 bits per heavy atom. The van der Waals surface area contributed by atoms with Crippen molar-refractivity contribution in [2.75, 3.05) is 26.3 Å². The summed E-state index contributed by atoms with van der Waals surface area (Å²) >= 11 is 0. The Morgan fingerprint density at radius 1 is 1.09 bits per heavy atom. The maximum Gasteiger partial charge on any atom is 0.435 e. The number of amides is 2. The van der Waals surface area contributed by atoms with Gasteiger partial charge in [0, 0.05) is 36.6 Å². The molecule has 10 nitrogen and oxygen atoms in total. The normalized spacial score (nSPS) is 15.8. The van der Waals surface area contributed by atoms with E-state index in [2.05, 4.69) is 4.99 Å². The van der Waals surface area contributed by atoms with Gasteiger partial charge in [0.25, 0.3) is 0 Å². The molecule has 0 bridgehead atoms. The average Bonchev–Trinajstić information content (AvgIpc) is 2.81. The molecule has 2 N–H and O–H groups in total. The third kappa shape index (κ3) is 8.58. The summed E-state index contributed by atoms with van der Waals surface area (Å²) in [5, 5.41) is 10.5. The quantitative estimate of drug-likeness (QED) is 0.301. The molecule has 1 saturated heterocycles. The van der Waals surface area contributed by atoms with Crippen LogP contribution in [0.15, 0.2) is 29.3 Å². The second kappa shape index (κ2) is 12.8. The van der Waals surface area contributed by atoms with E-state index < -0.39 is 24.6 Å². The summed E-state index contributed by atoms with van der Waals surface area (Å²) in [5.74, 6) is -1.91. The lowest BCUT2D eigenvalue weighted by Gasteiger charge is -2.33. The van der Waals surface area contributed by atoms with Crippen LogP contribution in [0.3, 0.4) is 0 Å². The molecule has 1 aromatic carbocycles. The van der Waals surface area contributed by atoms with Crippen molar-refractivity contribution in [2.45, 2.75) is 46.1 Å². The van der Waals surface area contributed by atoms with Crippen molar-refractivity contribution in [3.05, 3.63) is 35.4 Å². The van der Waals surface area contributed by atoms with E-state index in [9.17, 15) is 24.3 Å². The predicted octanol–water partition coefficient (Wildman–Crippen LogP) is 1.15. The van der Waals surface area contributed by atoms with Gasteiger partial charge < -0.3 is 30.0 Å². The SMILES string of the molecule is CC(C)COC(=O)/N=C(\N)c1ccc(C(=O)CC(C)C(=O)N2CCC(OCC(=O)[O-])CC2)cc1. The number of carbonyl (C=O) groups is 4. The highest BCUT2D eigenvalue weighted by Crippen LogP contribution is 2.19. The van der Waals surface area contributed by atoms with Gasteiger partial charge in [-0.1, -0.05) is 45.0 Å². The number of hydrogen-bond acceptors (Lipinski definition) is 7. The summed E-state index contributed by atoms with van der Waals surface area (Å²) in [4.78, 5) is 53.0. The molecule has 2 amide bonds. The van der Waals surface area contributed by atoms with Gasteiger partial charge >= 0.3 is 6.09 Å². The van der Waals surface area contributed by atoms with Crippen molar-refractivity contribution in [3.8, 4) is 0 Å². The smallest absolute Gasteiger partial charge is 0.435 e. The largest absolute Gasteiger partial charge is 0.548 e. The number of nitrogens with zero attached hydrogens (tertiary/aromatic N) is 2. The van der Waals surface area contributed by atoms with Crippen molar-refractivity contribution in [1.29, 1.82) is 0 Å². The molecule has 34 heavy (non-hydrogen) atoms. The van der Waals surface area contributed by atoms with Crippen molar-refractivity contribution >= 4 is 29.6 Å². The Balaban J connectivity index is 1.86. The lowest BCUT2D eigenvalue weighted by molar-refractivity contribution is -0.310. The van der Waals surface area contributed by atoms with E-state index in [1.54, 1.807) is 36.1 Å². The summed E-state index contributed by atoms with van der Waals surface area (Å²) in [6.45, 7) is 6.20. The Kier molecular flexibility index (Phi) is 10.2. The number of hydrogen-bond donors (Lipinski definition) is 1. The van der Waals surface area contributed by atoms with E-state index >= 15 is 0 Å². The zero-order valence-electron chi connectivity index (χ0n) is 19.8. The number of carboxylic acids is 1. The van der Waals surface area contributed by atoms with Gasteiger partial charge in [-0.15, -0.1) is 0 Å². The van der Waals surface area contributed by atoms with Gasteiger partial charge in [0.15, 0.2) is 5.78 Å². The molecule has 1 atom stereocenters. The highest BCUT2D eigenvalue weighted by molar-refractivity contribution is 6.04. The highest BCUT2D eigenvalue weighted by Gasteiger charge is 2.27. The van der Waals surface area contributed by atoms with E-state index in [0.717, 1.165) is 0 Å². The molecule has 1 unspecified atom stereocenters. The molecule has 1 aliphatic rings. The van der Waals surface area contributed by atoms with Crippen molar-refractivity contribution in [2.24, 2.45) is 22.6 Å². The van der Waals surface area contributed by atoms with Crippen LogP contribution in [0, 0.1) is 11.8 Å². The highest BCUT2D eigenvalue weighted by atomic mass is 16.5. The zero-order valence-corrected chi connectivity index (χ0v) is 19.8. The number of piperidine rings is 1. The van der Waals surface area contributed by atoms with Crippen LogP contribution >= 0.6 is 0 Å². The number of aliphatic imine (C=N–C) groups is 1. The van der Waals surface area contributed by atoms with Crippen LogP contribution in [0.2, 0.25) is 0 Å². The predicted molar refractivity (Wildman–Crippen MR) is 122 cm³/mol. The molecule has 1 aromatic rings. The standard InChI is InChI=1S/C24H33N3O7/c1-15(2)13-34-24(32)26-22(25)18-6-4-17(5-7-18)20(28)12-16(3)23(31)27-10-8-19(9-11-27)33-14-21(29)30/h4-7,15-16,19H,8-14H2,1-3H3,(H,29,30)(H2,25,26,32)/p-1. The molecule has 10 heteroatoms. The number of carbonyl (C=O) groups excluding carboxylic acids is 4. The van der Waals surface area contributed by atoms with Crippen LogP contribution < -0.4 is 10.8 Å². The second-order valence-electron chi connectivity index (χ2n) is 8.78. The first kappa shape index (κ1) is 27.0. The number of carboxylic acid groups (broad SMARTS) is 1. The second-order valence-corrected chi connectivity index (χ2v) is 8.78. The Bertz CT molecular complexity index is 904. The average molecular weight is 475 g/mol. The molecule has 1 aliphatic heterocycles. The fourth-order valence-corrected chi connectivity index (χ4v) is 3.48. The third-order valence-corrected chi connectivity index (χ3v) is 5.36. The fraction of sp³-hybridized carbons (Fsp3) is 0.542. The van der Waals surface area contributed by atoms with Crippen LogP contribution in [0.1, 0.15) is 56.0 Å². The molecule has 0 aromatic heterocycles. The van der Waals surface area contributed by atoms with Crippen molar-refractivity contribution < 1.29 is 33.8 Å². The molecule has 1 heterocycles. The third-order valence-electron chi connectivity index (χ3n) is 5.36. The summed E-state index contributed by atoms with van der Waals surface area (Å²) in [7, 11) is 0. The van der Waals surface area contributed by atoms with Crippen LogP contribution in [0.5, 0.6) is 0 Å². The Hall–Kier alpha value is -3.27. The van der Waals surface area contributed by atoms with E-state index in [4.69, 9.17) is 15.2 Å². The summed E-state index contributed by atoms with van der Waals surface area (Å²) in [6, 6.07) is 6.34. The Labute approximate surface area is 199 Å². The first-order valence-corrected chi connectivity index (χ1v) is 11.3. The van der Waals surface area contributed by atoms with E-state index in [1.165, 1.54) is 0 Å². The number of rotatable bonds is 10. The molecule has 2 rings (SSSR count). The lowest BCUT2D eigenvalue weighted by atomic mass is 9.96. The number of amidine groups is 1. The monoisotopic (exact) mass is 474 g/mol. The minimum Gasteiger partial charge on any atom is -0.548 e. The Morgan fingerprint density at radius 2 is 1.68 bits per heavy atom. The number of benzene rings is 1. The number of ether oxygens (including phenoxy) is 2. The first-order chi connectivity index (χ1) is 16.1. The maximum atomic E-state index is 12.7. The van der Waals surface area contributed by atoms with Crippen LogP contribution in [-0.4, -0.2) is 66.9 Å². The van der Waals surface area contributed by atoms with Crippen molar-refractivity contribution in [3.63, 3.8) is 0 Å².